The molecule has 0 bridgehead atoms. The van der Waals surface area contributed by atoms with Crippen LogP contribution < -0.4 is 0 Å². The maximum atomic E-state index is 9.88. The second-order valence-corrected chi connectivity index (χ2v) is 5.89. The van der Waals surface area contributed by atoms with Crippen LogP contribution in [0.25, 0.3) is 0 Å². The Balaban J connectivity index is 2.11. The van der Waals surface area contributed by atoms with Gasteiger partial charge in [-0.15, -0.1) is 0 Å². The number of nitrogens with zero attached hydrogens (tertiary/aromatic N) is 2. The molecule has 2 aromatic carbocycles. The number of benzene rings is 2. The monoisotopic (exact) mass is 342 g/mol. The molecule has 2 rings (SSSR count). The van der Waals surface area contributed by atoms with Gasteiger partial charge in [0.15, 0.2) is 0 Å². The summed E-state index contributed by atoms with van der Waals surface area (Å²) in [6.45, 7) is 5.86. The lowest BCUT2D eigenvalue weighted by Crippen LogP contribution is -2.09. The lowest BCUT2D eigenvalue weighted by molar-refractivity contribution is 0.448. The van der Waals surface area contributed by atoms with Crippen LogP contribution in [-0.2, 0) is 0 Å². The summed E-state index contributed by atoms with van der Waals surface area (Å²) in [7, 11) is 0. The number of hydrogen-bond donors (Lipinski definition) is 4. The molecule has 0 aliphatic carbocycles. The lowest BCUT2D eigenvalue weighted by atomic mass is 10.1. The van der Waals surface area contributed by atoms with Gasteiger partial charge in [0.2, 0.25) is 0 Å². The van der Waals surface area contributed by atoms with Crippen LogP contribution >= 0.6 is 0 Å². The van der Waals surface area contributed by atoms with Crippen molar-refractivity contribution in [3.63, 3.8) is 0 Å². The Labute approximate surface area is 146 Å². The van der Waals surface area contributed by atoms with Crippen LogP contribution in [0.5, 0.6) is 23.0 Å². The molecule has 0 amide bonds. The molecule has 4 N–H and O–H groups in total. The number of hydrogen-bond acceptors (Lipinski definition) is 6. The molecule has 0 heterocycles. The third-order valence-electron chi connectivity index (χ3n) is 3.75. The zero-order chi connectivity index (χ0) is 18.6. The van der Waals surface area contributed by atoms with E-state index in [1.807, 2.05) is 6.92 Å². The Bertz CT molecular complexity index is 828. The highest BCUT2D eigenvalue weighted by atomic mass is 16.3. The van der Waals surface area contributed by atoms with Gasteiger partial charge in [0.05, 0.1) is 12.6 Å². The normalized spacial score (nSPS) is 13.7. The summed E-state index contributed by atoms with van der Waals surface area (Å²) in [4.78, 5) is 8.94. The summed E-state index contributed by atoms with van der Waals surface area (Å²) in [5.41, 5.74) is 2.40. The van der Waals surface area contributed by atoms with Crippen LogP contribution in [0.2, 0.25) is 0 Å². The maximum Gasteiger partial charge on any atom is 0.128 e. The van der Waals surface area contributed by atoms with Crippen molar-refractivity contribution in [1.82, 2.24) is 0 Å². The van der Waals surface area contributed by atoms with E-state index in [0.29, 0.717) is 29.1 Å². The molecule has 0 aliphatic heterocycles. The zero-order valence-electron chi connectivity index (χ0n) is 14.4. The third-order valence-corrected chi connectivity index (χ3v) is 3.75. The highest BCUT2D eigenvalue weighted by Gasteiger charge is 2.09. The van der Waals surface area contributed by atoms with Gasteiger partial charge < -0.3 is 20.4 Å². The quantitative estimate of drug-likeness (QED) is 0.626. The van der Waals surface area contributed by atoms with Crippen molar-refractivity contribution in [1.29, 1.82) is 0 Å². The summed E-state index contributed by atoms with van der Waals surface area (Å²) in [5, 5.41) is 38.4. The fourth-order valence-electron chi connectivity index (χ4n) is 2.45. The molecule has 0 saturated heterocycles. The van der Waals surface area contributed by atoms with Crippen molar-refractivity contribution in [2.24, 2.45) is 9.98 Å². The number of rotatable bonds is 5. The van der Waals surface area contributed by atoms with Crippen molar-refractivity contribution in [3.05, 3.63) is 47.5 Å². The minimum atomic E-state index is -0.137. The first-order chi connectivity index (χ1) is 11.8. The first kappa shape index (κ1) is 18.3. The fourth-order valence-corrected chi connectivity index (χ4v) is 2.45. The van der Waals surface area contributed by atoms with Gasteiger partial charge in [0.25, 0.3) is 0 Å². The molecule has 25 heavy (non-hydrogen) atoms. The van der Waals surface area contributed by atoms with Crippen LogP contribution in [0, 0.1) is 0 Å². The first-order valence-corrected chi connectivity index (χ1v) is 7.88. The third kappa shape index (κ3) is 4.73. The minimum Gasteiger partial charge on any atom is -0.508 e. The van der Waals surface area contributed by atoms with E-state index in [9.17, 15) is 20.4 Å². The van der Waals surface area contributed by atoms with Gasteiger partial charge in [-0.1, -0.05) is 0 Å². The van der Waals surface area contributed by atoms with Crippen LogP contribution in [0.4, 0.5) is 0 Å². The lowest BCUT2D eigenvalue weighted by Gasteiger charge is -2.10. The summed E-state index contributed by atoms with van der Waals surface area (Å²) < 4.78 is 0. The number of aromatic hydroxyl groups is 4. The highest BCUT2D eigenvalue weighted by molar-refractivity contribution is 6.02. The fraction of sp³-hybridized carbons (Fsp3) is 0.263. The van der Waals surface area contributed by atoms with Crippen LogP contribution in [0.1, 0.15) is 31.9 Å². The average Bonchev–Trinajstić information content (AvgIpc) is 2.52. The predicted molar refractivity (Wildman–Crippen MR) is 98.3 cm³/mol. The smallest absolute Gasteiger partial charge is 0.128 e. The molecule has 0 fully saturated rings. The molecule has 1 atom stereocenters. The summed E-state index contributed by atoms with van der Waals surface area (Å²) in [6.07, 6.45) is 0. The van der Waals surface area contributed by atoms with E-state index in [1.165, 1.54) is 24.3 Å². The molecule has 0 spiro atoms. The molecule has 6 nitrogen and oxygen atoms in total. The molecule has 0 radical (unpaired) electrons. The van der Waals surface area contributed by atoms with Crippen LogP contribution in [0.3, 0.4) is 0 Å². The van der Waals surface area contributed by atoms with Crippen molar-refractivity contribution < 1.29 is 20.4 Å². The van der Waals surface area contributed by atoms with Crippen LogP contribution in [-0.4, -0.2) is 44.4 Å². The Morgan fingerprint density at radius 1 is 0.840 bits per heavy atom. The van der Waals surface area contributed by atoms with Crippen molar-refractivity contribution in [2.45, 2.75) is 26.8 Å². The Morgan fingerprint density at radius 2 is 1.32 bits per heavy atom. The SMILES string of the molecule is CC(=NC[C@@H](C)N=C(C)c1ccc(O)cc1O)c1ccc(O)cc1O. The van der Waals surface area contributed by atoms with E-state index in [0.717, 1.165) is 0 Å². The molecular weight excluding hydrogens is 320 g/mol. The largest absolute Gasteiger partial charge is 0.508 e. The van der Waals surface area contributed by atoms with E-state index in [2.05, 4.69) is 9.98 Å². The van der Waals surface area contributed by atoms with E-state index in [4.69, 9.17) is 0 Å². The molecule has 0 unspecified atom stereocenters. The molecule has 132 valence electrons. The first-order valence-electron chi connectivity index (χ1n) is 7.88. The van der Waals surface area contributed by atoms with Gasteiger partial charge in [-0.25, -0.2) is 0 Å². The van der Waals surface area contributed by atoms with Gasteiger partial charge in [-0.3, -0.25) is 9.98 Å². The second kappa shape index (κ2) is 7.70. The molecule has 0 saturated carbocycles. The summed E-state index contributed by atoms with van der Waals surface area (Å²) in [5.74, 6) is -0.0582. The van der Waals surface area contributed by atoms with E-state index < -0.39 is 0 Å². The molecule has 6 heteroatoms. The standard InChI is InChI=1S/C19H22N2O4/c1-11(21-13(3)17-7-5-15(23)9-19(17)25)10-20-12(2)16-6-4-14(22)8-18(16)24/h4-9,11,22-25H,10H2,1-3H3/t11-/m1/s1. The second-order valence-electron chi connectivity index (χ2n) is 5.89. The van der Waals surface area contributed by atoms with Crippen molar-refractivity contribution >= 4 is 11.4 Å². The number of phenolic OH excluding ortho intramolecular Hbond substituents is 4. The predicted octanol–water partition coefficient (Wildman–Crippen LogP) is 3.22. The molecule has 2 aromatic rings. The zero-order valence-corrected chi connectivity index (χ0v) is 14.4. The van der Waals surface area contributed by atoms with Crippen molar-refractivity contribution in [2.75, 3.05) is 6.54 Å². The van der Waals surface area contributed by atoms with E-state index in [-0.39, 0.29) is 29.0 Å². The van der Waals surface area contributed by atoms with Crippen molar-refractivity contribution in [3.8, 4) is 23.0 Å². The summed E-state index contributed by atoms with van der Waals surface area (Å²) >= 11 is 0. The van der Waals surface area contributed by atoms with Gasteiger partial charge in [0.1, 0.15) is 23.0 Å². The van der Waals surface area contributed by atoms with E-state index >= 15 is 0 Å². The average molecular weight is 342 g/mol. The minimum absolute atomic E-state index is 0.00338. The summed E-state index contributed by atoms with van der Waals surface area (Å²) in [6, 6.07) is 8.61. The topological polar surface area (TPSA) is 106 Å². The Hall–Kier alpha value is -3.02. The van der Waals surface area contributed by atoms with Gasteiger partial charge in [0, 0.05) is 34.7 Å². The number of phenols is 4. The molecule has 0 aromatic heterocycles. The molecular formula is C19H22N2O4. The van der Waals surface area contributed by atoms with Gasteiger partial charge >= 0.3 is 0 Å². The molecule has 0 aliphatic rings. The highest BCUT2D eigenvalue weighted by Crippen LogP contribution is 2.24. The van der Waals surface area contributed by atoms with Gasteiger partial charge in [-0.05, 0) is 45.0 Å². The maximum absolute atomic E-state index is 9.88. The number of aliphatic imine (C=N–C) groups is 2. The van der Waals surface area contributed by atoms with Gasteiger partial charge in [-0.2, -0.15) is 0 Å². The van der Waals surface area contributed by atoms with E-state index in [1.54, 1.807) is 26.0 Å². The van der Waals surface area contributed by atoms with Crippen LogP contribution in [0.15, 0.2) is 46.4 Å². The Kier molecular flexibility index (Phi) is 5.64. The Morgan fingerprint density at radius 3 is 1.80 bits per heavy atom.